The molecule has 150 valence electrons. The molecule has 0 aliphatic carbocycles. The number of amides is 3. The average Bonchev–Trinajstić information content (AvgIpc) is 3.00. The molecule has 0 fully saturated rings. The lowest BCUT2D eigenvalue weighted by Crippen LogP contribution is -2.30. The molecular weight excluding hydrogens is 376 g/mol. The van der Waals surface area contributed by atoms with Crippen LogP contribution < -0.4 is 10.2 Å². The Labute approximate surface area is 175 Å². The number of fused-ring (bicyclic) bond motifs is 1. The molecule has 3 amide bonds. The van der Waals surface area contributed by atoms with Gasteiger partial charge >= 0.3 is 0 Å². The van der Waals surface area contributed by atoms with Gasteiger partial charge in [-0.3, -0.25) is 14.4 Å². The summed E-state index contributed by atoms with van der Waals surface area (Å²) in [5.41, 5.74) is 4.47. The Morgan fingerprint density at radius 2 is 1.60 bits per heavy atom. The van der Waals surface area contributed by atoms with E-state index in [9.17, 15) is 14.4 Å². The van der Waals surface area contributed by atoms with Gasteiger partial charge in [0.15, 0.2) is 0 Å². The summed E-state index contributed by atoms with van der Waals surface area (Å²) in [4.78, 5) is 39.7. The minimum Gasteiger partial charge on any atom is -0.352 e. The molecule has 1 aliphatic heterocycles. The maximum Gasteiger partial charge on any atom is 0.266 e. The van der Waals surface area contributed by atoms with Crippen molar-refractivity contribution in [1.29, 1.82) is 0 Å². The summed E-state index contributed by atoms with van der Waals surface area (Å²) in [7, 11) is 0. The van der Waals surface area contributed by atoms with Crippen molar-refractivity contribution in [3.05, 3.63) is 100 Å². The number of hydrogen-bond acceptors (Lipinski definition) is 3. The molecule has 0 saturated carbocycles. The van der Waals surface area contributed by atoms with E-state index in [1.165, 1.54) is 11.0 Å². The predicted molar refractivity (Wildman–Crippen MR) is 116 cm³/mol. The van der Waals surface area contributed by atoms with Gasteiger partial charge < -0.3 is 5.32 Å². The maximum absolute atomic E-state index is 13.0. The Hall–Kier alpha value is -3.73. The normalized spacial score (nSPS) is 12.8. The highest BCUT2D eigenvalue weighted by molar-refractivity contribution is 6.35. The van der Waals surface area contributed by atoms with E-state index in [2.05, 4.69) is 5.32 Å². The molecule has 4 rings (SSSR count). The van der Waals surface area contributed by atoms with Gasteiger partial charge in [-0.05, 0) is 61.2 Å². The van der Waals surface area contributed by atoms with Gasteiger partial charge in [0, 0.05) is 12.1 Å². The molecule has 5 heteroatoms. The summed E-state index contributed by atoms with van der Waals surface area (Å²) >= 11 is 0. The summed E-state index contributed by atoms with van der Waals surface area (Å²) in [6.45, 7) is 4.27. The lowest BCUT2D eigenvalue weighted by molar-refractivity contribution is 0.0923. The minimum absolute atomic E-state index is 0.261. The lowest BCUT2D eigenvalue weighted by atomic mass is 10.1. The second kappa shape index (κ2) is 7.95. The second-order valence-electron chi connectivity index (χ2n) is 7.49. The van der Waals surface area contributed by atoms with Crippen LogP contribution in [0.2, 0.25) is 0 Å². The molecule has 1 heterocycles. The van der Waals surface area contributed by atoms with Crippen LogP contribution >= 0.6 is 0 Å². The van der Waals surface area contributed by atoms with Crippen molar-refractivity contribution in [2.45, 2.75) is 20.3 Å². The molecule has 5 nitrogen and oxygen atoms in total. The zero-order valence-electron chi connectivity index (χ0n) is 16.9. The third kappa shape index (κ3) is 3.62. The highest BCUT2D eigenvalue weighted by Gasteiger charge is 2.37. The molecule has 0 bridgehead atoms. The van der Waals surface area contributed by atoms with Gasteiger partial charge in [-0.15, -0.1) is 0 Å². The van der Waals surface area contributed by atoms with Crippen molar-refractivity contribution in [1.82, 2.24) is 5.32 Å². The van der Waals surface area contributed by atoms with Crippen LogP contribution in [-0.2, 0) is 6.42 Å². The van der Waals surface area contributed by atoms with Crippen molar-refractivity contribution >= 4 is 23.4 Å². The van der Waals surface area contributed by atoms with Crippen molar-refractivity contribution in [3.8, 4) is 0 Å². The topological polar surface area (TPSA) is 66.5 Å². The van der Waals surface area contributed by atoms with E-state index >= 15 is 0 Å². The molecule has 30 heavy (non-hydrogen) atoms. The van der Waals surface area contributed by atoms with Crippen LogP contribution in [0.4, 0.5) is 5.69 Å². The first-order valence-electron chi connectivity index (χ1n) is 9.88. The number of carbonyl (C=O) groups excluding carboxylic acids is 3. The number of anilines is 1. The summed E-state index contributed by atoms with van der Waals surface area (Å²) in [5.74, 6) is -1.03. The van der Waals surface area contributed by atoms with Crippen LogP contribution in [0.3, 0.4) is 0 Å². The largest absolute Gasteiger partial charge is 0.352 e. The van der Waals surface area contributed by atoms with Crippen molar-refractivity contribution in [3.63, 3.8) is 0 Å². The maximum atomic E-state index is 13.0. The average molecular weight is 398 g/mol. The molecule has 0 saturated heterocycles. The zero-order chi connectivity index (χ0) is 21.3. The molecule has 0 spiro atoms. The van der Waals surface area contributed by atoms with Gasteiger partial charge in [-0.2, -0.15) is 0 Å². The van der Waals surface area contributed by atoms with Crippen molar-refractivity contribution in [2.24, 2.45) is 0 Å². The summed E-state index contributed by atoms with van der Waals surface area (Å²) < 4.78 is 0. The standard InChI is InChI=1S/C25H22N2O3/c1-16-8-9-17(2)22(14-16)27-24(29)20-11-10-19(15-21(20)25(27)30)23(28)26-13-12-18-6-4-3-5-7-18/h3-11,14-15H,12-13H2,1-2H3,(H,26,28). The third-order valence-electron chi connectivity index (χ3n) is 5.30. The molecule has 0 atom stereocenters. The van der Waals surface area contributed by atoms with Gasteiger partial charge in [-0.25, -0.2) is 4.90 Å². The second-order valence-corrected chi connectivity index (χ2v) is 7.49. The van der Waals surface area contributed by atoms with E-state index in [1.54, 1.807) is 12.1 Å². The van der Waals surface area contributed by atoms with Crippen LogP contribution in [0.25, 0.3) is 0 Å². The minimum atomic E-state index is -0.400. The fraction of sp³-hybridized carbons (Fsp3) is 0.160. The molecule has 0 unspecified atom stereocenters. The van der Waals surface area contributed by atoms with Gasteiger partial charge in [-0.1, -0.05) is 42.5 Å². The van der Waals surface area contributed by atoms with Gasteiger partial charge in [0.25, 0.3) is 17.7 Å². The van der Waals surface area contributed by atoms with Gasteiger partial charge in [0.1, 0.15) is 0 Å². The molecule has 1 aliphatic rings. The van der Waals surface area contributed by atoms with Gasteiger partial charge in [0.2, 0.25) is 0 Å². The van der Waals surface area contributed by atoms with E-state index in [-0.39, 0.29) is 17.4 Å². The SMILES string of the molecule is Cc1ccc(C)c(N2C(=O)c3ccc(C(=O)NCCc4ccccc4)cc3C2=O)c1. The summed E-state index contributed by atoms with van der Waals surface area (Å²) in [5, 5.41) is 2.88. The first-order valence-corrected chi connectivity index (χ1v) is 9.88. The first-order chi connectivity index (χ1) is 14.5. The number of rotatable bonds is 5. The van der Waals surface area contributed by atoms with E-state index in [1.807, 2.05) is 62.4 Å². The Kier molecular flexibility index (Phi) is 5.19. The number of benzene rings is 3. The smallest absolute Gasteiger partial charge is 0.266 e. The van der Waals surface area contributed by atoms with E-state index in [4.69, 9.17) is 0 Å². The van der Waals surface area contributed by atoms with E-state index in [0.717, 1.165) is 23.1 Å². The monoisotopic (exact) mass is 398 g/mol. The Bertz CT molecular complexity index is 1150. The fourth-order valence-corrected chi connectivity index (χ4v) is 3.63. The van der Waals surface area contributed by atoms with Crippen molar-refractivity contribution in [2.75, 3.05) is 11.4 Å². The fourth-order valence-electron chi connectivity index (χ4n) is 3.63. The highest BCUT2D eigenvalue weighted by atomic mass is 16.2. The molecule has 3 aromatic carbocycles. The number of carbonyl (C=O) groups is 3. The van der Waals surface area contributed by atoms with Crippen LogP contribution in [0.15, 0.2) is 66.7 Å². The number of nitrogens with zero attached hydrogens (tertiary/aromatic N) is 1. The number of aryl methyl sites for hydroxylation is 2. The van der Waals surface area contributed by atoms with Gasteiger partial charge in [0.05, 0.1) is 16.8 Å². The number of imide groups is 1. The summed E-state index contributed by atoms with van der Waals surface area (Å²) in [6, 6.07) is 20.2. The van der Waals surface area contributed by atoms with Crippen LogP contribution in [0, 0.1) is 13.8 Å². The third-order valence-corrected chi connectivity index (χ3v) is 5.30. The quantitative estimate of drug-likeness (QED) is 0.659. The van der Waals surface area contributed by atoms with Crippen molar-refractivity contribution < 1.29 is 14.4 Å². The first kappa shape index (κ1) is 19.6. The Morgan fingerprint density at radius 1 is 0.867 bits per heavy atom. The van der Waals surface area contributed by atoms with E-state index < -0.39 is 5.91 Å². The Balaban J connectivity index is 1.53. The highest BCUT2D eigenvalue weighted by Crippen LogP contribution is 2.31. The summed E-state index contributed by atoms with van der Waals surface area (Å²) in [6.07, 6.45) is 0.718. The predicted octanol–water partition coefficient (Wildman–Crippen LogP) is 4.08. The van der Waals surface area contributed by atoms with E-state index in [0.29, 0.717) is 23.4 Å². The molecular formula is C25H22N2O3. The number of nitrogens with one attached hydrogen (secondary N) is 1. The Morgan fingerprint density at radius 3 is 2.37 bits per heavy atom. The van der Waals surface area contributed by atoms with Crippen LogP contribution in [0.1, 0.15) is 47.8 Å². The zero-order valence-corrected chi connectivity index (χ0v) is 16.9. The van der Waals surface area contributed by atoms with Crippen LogP contribution in [0.5, 0.6) is 0 Å². The molecule has 0 aromatic heterocycles. The van der Waals surface area contributed by atoms with Crippen LogP contribution in [-0.4, -0.2) is 24.3 Å². The molecule has 1 N–H and O–H groups in total. The number of hydrogen-bond donors (Lipinski definition) is 1. The lowest BCUT2D eigenvalue weighted by Gasteiger charge is -2.17. The molecule has 0 radical (unpaired) electrons. The molecule has 3 aromatic rings.